The van der Waals surface area contributed by atoms with Gasteiger partial charge >= 0.3 is 0 Å². The maximum Gasteiger partial charge on any atom is 0.113 e. The number of hydrogen-bond donors (Lipinski definition) is 3. The first-order valence-corrected chi connectivity index (χ1v) is 5.97. The van der Waals surface area contributed by atoms with Gasteiger partial charge in [-0.3, -0.25) is 4.90 Å². The van der Waals surface area contributed by atoms with Crippen molar-refractivity contribution in [2.75, 3.05) is 18.4 Å². The van der Waals surface area contributed by atoms with Gasteiger partial charge in [0.15, 0.2) is 0 Å². The van der Waals surface area contributed by atoms with Crippen LogP contribution in [0.4, 0.5) is 5.69 Å². The average molecular weight is 240 g/mol. The molecule has 0 aliphatic carbocycles. The SMILES string of the molecule is CC(C)N1C[C@H](Nc2ccoc2)[C@@H](O)[C@@H](O)C1. The van der Waals surface area contributed by atoms with Crippen LogP contribution in [0.1, 0.15) is 13.8 Å². The van der Waals surface area contributed by atoms with Gasteiger partial charge in [-0.05, 0) is 19.9 Å². The molecule has 3 N–H and O–H groups in total. The van der Waals surface area contributed by atoms with E-state index < -0.39 is 12.2 Å². The van der Waals surface area contributed by atoms with Gasteiger partial charge < -0.3 is 19.9 Å². The van der Waals surface area contributed by atoms with Crippen molar-refractivity contribution >= 4 is 5.69 Å². The average Bonchev–Trinajstić information content (AvgIpc) is 2.77. The molecule has 3 atom stereocenters. The fourth-order valence-corrected chi connectivity index (χ4v) is 2.16. The third-order valence-corrected chi connectivity index (χ3v) is 3.26. The first kappa shape index (κ1) is 12.4. The lowest BCUT2D eigenvalue weighted by Crippen LogP contribution is -2.59. The van der Waals surface area contributed by atoms with Crippen molar-refractivity contribution in [3.8, 4) is 0 Å². The van der Waals surface area contributed by atoms with Crippen molar-refractivity contribution in [3.05, 3.63) is 18.6 Å². The van der Waals surface area contributed by atoms with Gasteiger partial charge in [-0.25, -0.2) is 0 Å². The summed E-state index contributed by atoms with van der Waals surface area (Å²) < 4.78 is 4.97. The lowest BCUT2D eigenvalue weighted by Gasteiger charge is -2.41. The number of β-amino-alcohol motifs (C(OH)–C–C–N with tert-alkyl or cyclic N) is 1. The second-order valence-corrected chi connectivity index (χ2v) is 4.87. The van der Waals surface area contributed by atoms with Crippen molar-refractivity contribution in [1.29, 1.82) is 0 Å². The molecule has 0 spiro atoms. The Morgan fingerprint density at radius 2 is 2.18 bits per heavy atom. The highest BCUT2D eigenvalue weighted by Crippen LogP contribution is 2.18. The van der Waals surface area contributed by atoms with Crippen LogP contribution >= 0.6 is 0 Å². The third kappa shape index (κ3) is 2.80. The highest BCUT2D eigenvalue weighted by molar-refractivity contribution is 5.40. The summed E-state index contributed by atoms with van der Waals surface area (Å²) in [5.74, 6) is 0. The molecule has 1 aliphatic heterocycles. The fraction of sp³-hybridized carbons (Fsp3) is 0.667. The molecule has 96 valence electrons. The number of aliphatic hydroxyl groups is 2. The molecule has 5 heteroatoms. The van der Waals surface area contributed by atoms with Gasteiger partial charge in [0.2, 0.25) is 0 Å². The van der Waals surface area contributed by atoms with E-state index >= 15 is 0 Å². The van der Waals surface area contributed by atoms with Crippen LogP contribution in [0.3, 0.4) is 0 Å². The molecule has 5 nitrogen and oxygen atoms in total. The zero-order valence-corrected chi connectivity index (χ0v) is 10.2. The van der Waals surface area contributed by atoms with Crippen LogP contribution in [0.2, 0.25) is 0 Å². The monoisotopic (exact) mass is 240 g/mol. The van der Waals surface area contributed by atoms with Gasteiger partial charge in [0.1, 0.15) is 12.4 Å². The molecule has 0 saturated carbocycles. The number of piperidine rings is 1. The Morgan fingerprint density at radius 3 is 2.76 bits per heavy atom. The van der Waals surface area contributed by atoms with Crippen LogP contribution in [0.15, 0.2) is 23.0 Å². The molecule has 1 fully saturated rings. The smallest absolute Gasteiger partial charge is 0.113 e. The molecule has 2 heterocycles. The molecule has 17 heavy (non-hydrogen) atoms. The zero-order chi connectivity index (χ0) is 12.4. The molecule has 1 aromatic heterocycles. The summed E-state index contributed by atoms with van der Waals surface area (Å²) in [5.41, 5.74) is 0.826. The van der Waals surface area contributed by atoms with Gasteiger partial charge in [0.25, 0.3) is 0 Å². The minimum atomic E-state index is -0.750. The number of likely N-dealkylation sites (tertiary alicyclic amines) is 1. The van der Waals surface area contributed by atoms with Crippen LogP contribution in [0, 0.1) is 0 Å². The van der Waals surface area contributed by atoms with E-state index in [-0.39, 0.29) is 6.04 Å². The van der Waals surface area contributed by atoms with E-state index in [1.807, 2.05) is 0 Å². The molecule has 1 aliphatic rings. The van der Waals surface area contributed by atoms with E-state index in [9.17, 15) is 10.2 Å². The number of aliphatic hydroxyl groups excluding tert-OH is 2. The fourth-order valence-electron chi connectivity index (χ4n) is 2.16. The normalized spacial score (nSPS) is 30.8. The largest absolute Gasteiger partial charge is 0.470 e. The number of rotatable bonds is 3. The summed E-state index contributed by atoms with van der Waals surface area (Å²) in [7, 11) is 0. The van der Waals surface area contributed by atoms with Crippen molar-refractivity contribution in [2.24, 2.45) is 0 Å². The van der Waals surface area contributed by atoms with Crippen molar-refractivity contribution in [3.63, 3.8) is 0 Å². The highest BCUT2D eigenvalue weighted by Gasteiger charge is 2.35. The Balaban J connectivity index is 2.03. The Morgan fingerprint density at radius 1 is 1.41 bits per heavy atom. The van der Waals surface area contributed by atoms with E-state index in [4.69, 9.17) is 4.42 Å². The number of anilines is 1. The number of hydrogen-bond acceptors (Lipinski definition) is 5. The second-order valence-electron chi connectivity index (χ2n) is 4.87. The molecule has 0 amide bonds. The topological polar surface area (TPSA) is 68.9 Å². The van der Waals surface area contributed by atoms with E-state index in [1.54, 1.807) is 18.6 Å². The van der Waals surface area contributed by atoms with Gasteiger partial charge in [-0.1, -0.05) is 0 Å². The number of nitrogens with zero attached hydrogens (tertiary/aromatic N) is 1. The van der Waals surface area contributed by atoms with Crippen LogP contribution < -0.4 is 5.32 Å². The van der Waals surface area contributed by atoms with Crippen LogP contribution in [-0.4, -0.2) is 52.5 Å². The van der Waals surface area contributed by atoms with E-state index in [0.717, 1.165) is 5.69 Å². The predicted octanol–water partition coefficient (Wildman–Crippen LogP) is 0.506. The number of nitrogens with one attached hydrogen (secondary N) is 1. The maximum atomic E-state index is 9.97. The standard InChI is InChI=1S/C12H20N2O3/c1-8(2)14-5-10(12(16)11(15)6-14)13-9-3-4-17-7-9/h3-4,7-8,10-13,15-16H,5-6H2,1-2H3/t10-,11-,12+/m0/s1. The third-order valence-electron chi connectivity index (χ3n) is 3.26. The molecular formula is C12H20N2O3. The summed E-state index contributed by atoms with van der Waals surface area (Å²) >= 11 is 0. The highest BCUT2D eigenvalue weighted by atomic mass is 16.3. The Bertz CT molecular complexity index is 340. The minimum absolute atomic E-state index is 0.182. The lowest BCUT2D eigenvalue weighted by molar-refractivity contribution is -0.0528. The minimum Gasteiger partial charge on any atom is -0.470 e. The van der Waals surface area contributed by atoms with Crippen molar-refractivity contribution < 1.29 is 14.6 Å². The van der Waals surface area contributed by atoms with Gasteiger partial charge in [-0.15, -0.1) is 0 Å². The maximum absolute atomic E-state index is 9.97. The van der Waals surface area contributed by atoms with Crippen molar-refractivity contribution in [2.45, 2.75) is 38.1 Å². The summed E-state index contributed by atoms with van der Waals surface area (Å²) in [6.45, 7) is 5.39. The van der Waals surface area contributed by atoms with Crippen LogP contribution in [0.25, 0.3) is 0 Å². The summed E-state index contributed by atoms with van der Waals surface area (Å²) in [4.78, 5) is 2.15. The zero-order valence-electron chi connectivity index (χ0n) is 10.2. The van der Waals surface area contributed by atoms with Crippen LogP contribution in [-0.2, 0) is 0 Å². The molecule has 1 saturated heterocycles. The molecule has 0 bridgehead atoms. The molecule has 0 aromatic carbocycles. The Kier molecular flexibility index (Phi) is 3.71. The Hall–Kier alpha value is -1.04. The number of furan rings is 1. The first-order valence-electron chi connectivity index (χ1n) is 5.97. The molecular weight excluding hydrogens is 220 g/mol. The van der Waals surface area contributed by atoms with Gasteiger partial charge in [0.05, 0.1) is 24.1 Å². The predicted molar refractivity (Wildman–Crippen MR) is 64.8 cm³/mol. The van der Waals surface area contributed by atoms with E-state index in [2.05, 4.69) is 24.1 Å². The lowest BCUT2D eigenvalue weighted by atomic mass is 9.98. The van der Waals surface area contributed by atoms with E-state index in [1.165, 1.54) is 0 Å². The van der Waals surface area contributed by atoms with E-state index in [0.29, 0.717) is 19.1 Å². The molecule has 0 unspecified atom stereocenters. The van der Waals surface area contributed by atoms with Crippen molar-refractivity contribution in [1.82, 2.24) is 4.90 Å². The van der Waals surface area contributed by atoms with Crippen LogP contribution in [0.5, 0.6) is 0 Å². The second kappa shape index (κ2) is 5.08. The summed E-state index contributed by atoms with van der Waals surface area (Å²) in [6, 6.07) is 1.97. The summed E-state index contributed by atoms with van der Waals surface area (Å²) in [6.07, 6.45) is 1.71. The molecule has 0 radical (unpaired) electrons. The molecule has 1 aromatic rings. The first-order chi connectivity index (χ1) is 8.08. The van der Waals surface area contributed by atoms with Gasteiger partial charge in [0, 0.05) is 19.1 Å². The quantitative estimate of drug-likeness (QED) is 0.718. The Labute approximate surface area is 101 Å². The summed E-state index contributed by atoms with van der Waals surface area (Å²) in [5, 5.41) is 23.0. The van der Waals surface area contributed by atoms with Gasteiger partial charge in [-0.2, -0.15) is 0 Å². The molecule has 2 rings (SSSR count).